The van der Waals surface area contributed by atoms with Crippen LogP contribution in [-0.2, 0) is 28.5 Å². The molecule has 0 unspecified atom stereocenters. The van der Waals surface area contributed by atoms with Crippen molar-refractivity contribution in [2.75, 3.05) is 65.7 Å². The van der Waals surface area contributed by atoms with E-state index in [1.807, 2.05) is 7.05 Å². The van der Waals surface area contributed by atoms with Crippen molar-refractivity contribution in [3.63, 3.8) is 0 Å². The molecule has 0 aliphatic heterocycles. The molecule has 2 N–H and O–H groups in total. The van der Waals surface area contributed by atoms with E-state index < -0.39 is 60.3 Å². The summed E-state index contributed by atoms with van der Waals surface area (Å²) in [6.07, 6.45) is 0.471. The molecule has 542 valence electrons. The molecular formula is C78H88BrF3N4O14P2. The van der Waals surface area contributed by atoms with Crippen LogP contribution in [0.5, 0.6) is 34.5 Å². The van der Waals surface area contributed by atoms with E-state index in [4.69, 9.17) is 32.9 Å². The van der Waals surface area contributed by atoms with Crippen LogP contribution in [0.3, 0.4) is 0 Å². The number of unbranched alkanes of at least 4 members (excludes halogenated alkanes) is 6. The molecule has 18 nitrogen and oxygen atoms in total. The Labute approximate surface area is 602 Å². The molecule has 0 aliphatic carbocycles. The molecule has 0 atom stereocenters. The molecule has 24 heteroatoms. The average Bonchev–Trinajstić information content (AvgIpc) is 0.702. The number of amides is 2. The van der Waals surface area contributed by atoms with E-state index in [1.165, 1.54) is 84.9 Å². The first-order chi connectivity index (χ1) is 48.9. The summed E-state index contributed by atoms with van der Waals surface area (Å²) in [7, 11) is 3.58. The molecule has 8 rings (SSSR count). The number of rotatable bonds is 33. The molecule has 0 heterocycles. The van der Waals surface area contributed by atoms with Gasteiger partial charge in [0.2, 0.25) is 0 Å². The molecule has 0 aliphatic rings. The summed E-state index contributed by atoms with van der Waals surface area (Å²) < 4.78 is 80.2. The van der Waals surface area contributed by atoms with Gasteiger partial charge in [-0.1, -0.05) is 0 Å². The fraction of sp³-hybridized carbons (Fsp3) is 0.295. The van der Waals surface area contributed by atoms with E-state index in [9.17, 15) is 46.7 Å². The fourth-order valence-corrected chi connectivity index (χ4v) is 25.7. The zero-order valence-corrected chi connectivity index (χ0v) is 61.5. The predicted octanol–water partition coefficient (Wildman–Crippen LogP) is 13.6. The third-order valence-electron chi connectivity index (χ3n) is 16.9. The van der Waals surface area contributed by atoms with Crippen LogP contribution in [-0.4, -0.2) is 124 Å². The van der Waals surface area contributed by atoms with Crippen LogP contribution in [0.4, 0.5) is 22.8 Å². The molecule has 0 saturated heterocycles. The zero-order chi connectivity index (χ0) is 73.7. The fourth-order valence-electron chi connectivity index (χ4n) is 12.2. The van der Waals surface area contributed by atoms with E-state index in [2.05, 4.69) is 117 Å². The number of ether oxygens (including phenoxy) is 6. The van der Waals surface area contributed by atoms with Gasteiger partial charge in [0.1, 0.15) is 0 Å². The Morgan fingerprint density at radius 3 is 0.971 bits per heavy atom. The molecule has 0 spiro atoms. The zero-order valence-electron chi connectivity index (χ0n) is 58.1. The molecule has 0 aromatic heterocycles. The van der Waals surface area contributed by atoms with Gasteiger partial charge in [0.15, 0.2) is 11.5 Å². The molecule has 8 aromatic rings. The SMILES string of the molecule is CNCCN(CCCCCCP(Br)(c1ccccc1)(c1ccccc1)c1ccccc1)C(=O)Oc1ccc(OC(C)=O)c(OC(C)=O)c1.CNCCN(CCCCCCP(OC(=O)C(F)(F)F)(c1ccccc1)(c1ccccc1)c1ccccc1)C(=O)Oc1ccc(OC(C)=O)c(OC(C)=O)c1. The maximum absolute atomic E-state index is 14.1. The van der Waals surface area contributed by atoms with E-state index >= 15 is 0 Å². The van der Waals surface area contributed by atoms with Crippen LogP contribution in [0, 0.1) is 0 Å². The van der Waals surface area contributed by atoms with Crippen LogP contribution in [0.25, 0.3) is 0 Å². The van der Waals surface area contributed by atoms with E-state index in [0.29, 0.717) is 80.9 Å². The van der Waals surface area contributed by atoms with Crippen LogP contribution in [0.1, 0.15) is 79.1 Å². The topological polar surface area (TPSA) is 215 Å². The van der Waals surface area contributed by atoms with Gasteiger partial charge in [-0.2, -0.15) is 0 Å². The second kappa shape index (κ2) is 38.1. The summed E-state index contributed by atoms with van der Waals surface area (Å²) in [5.41, 5.74) is 0. The molecule has 0 fully saturated rings. The first kappa shape index (κ1) is 80.0. The van der Waals surface area contributed by atoms with Crippen molar-refractivity contribution in [1.82, 2.24) is 20.4 Å². The number of carbonyl (C=O) groups excluding carboxylic acids is 7. The monoisotopic (exact) mass is 1500 g/mol. The van der Waals surface area contributed by atoms with Crippen LogP contribution in [0.2, 0.25) is 0 Å². The molecule has 2 amide bonds. The molecule has 0 radical (unpaired) electrons. The van der Waals surface area contributed by atoms with Gasteiger partial charge in [-0.3, -0.25) is 19.2 Å². The Morgan fingerprint density at radius 1 is 0.373 bits per heavy atom. The number of nitrogens with zero attached hydrogens (tertiary/aromatic N) is 2. The summed E-state index contributed by atoms with van der Waals surface area (Å²) >= 11 is 4.53. The Morgan fingerprint density at radius 2 is 0.667 bits per heavy atom. The van der Waals surface area contributed by atoms with E-state index in [1.54, 1.807) is 103 Å². The Hall–Kier alpha value is -9.30. The van der Waals surface area contributed by atoms with Crippen molar-refractivity contribution >= 4 is 101 Å². The van der Waals surface area contributed by atoms with E-state index in [-0.39, 0.29) is 40.7 Å². The van der Waals surface area contributed by atoms with Crippen molar-refractivity contribution in [2.45, 2.75) is 85.2 Å². The number of benzene rings is 8. The molecule has 102 heavy (non-hydrogen) atoms. The summed E-state index contributed by atoms with van der Waals surface area (Å²) in [6.45, 7) is 2.92. The number of esters is 4. The van der Waals surface area contributed by atoms with Crippen molar-refractivity contribution < 1.29 is 79.7 Å². The average molecular weight is 1500 g/mol. The third-order valence-corrected chi connectivity index (χ3v) is 32.8. The summed E-state index contributed by atoms with van der Waals surface area (Å²) in [5.74, 6) is -4.52. The number of hydrogen-bond acceptors (Lipinski definition) is 16. The Balaban J connectivity index is 0.000000288. The van der Waals surface area contributed by atoms with Gasteiger partial charge in [-0.05, 0) is 0 Å². The molecule has 0 bridgehead atoms. The van der Waals surface area contributed by atoms with Gasteiger partial charge in [0.05, 0.1) is 0 Å². The number of hydrogen-bond donors (Lipinski definition) is 2. The van der Waals surface area contributed by atoms with Gasteiger partial charge in [-0.15, -0.1) is 0 Å². The minimum atomic E-state index is -5.24. The van der Waals surface area contributed by atoms with Gasteiger partial charge in [0, 0.05) is 27.7 Å². The van der Waals surface area contributed by atoms with Gasteiger partial charge < -0.3 is 18.9 Å². The van der Waals surface area contributed by atoms with Crippen molar-refractivity contribution in [3.8, 4) is 34.5 Å². The van der Waals surface area contributed by atoms with Crippen LogP contribution < -0.4 is 70.9 Å². The van der Waals surface area contributed by atoms with Crippen LogP contribution >= 0.6 is 27.6 Å². The Bertz CT molecular complexity index is 3860. The summed E-state index contributed by atoms with van der Waals surface area (Å²) in [6, 6.07) is 66.8. The van der Waals surface area contributed by atoms with Gasteiger partial charge in [-0.25, -0.2) is 0 Å². The number of halogens is 4. The summed E-state index contributed by atoms with van der Waals surface area (Å²) in [4.78, 5) is 89.0. The number of likely N-dealkylation sites (N-methyl/N-ethyl adjacent to an activating group) is 2. The normalized spacial score (nSPS) is 12.1. The first-order valence-electron chi connectivity index (χ1n) is 33.6. The quantitative estimate of drug-likeness (QED) is 0.0169. The van der Waals surface area contributed by atoms with Gasteiger partial charge >= 0.3 is 528 Å². The molecule has 0 saturated carbocycles. The number of alkyl halides is 3. The standard InChI is InChI=1S/C40H44F3N2O8P.C38H44BrN2O6P/c1-30(46)50-36-24-23-32(29-37(36)51-31(2)47)52-39(49)45(27-25-44-3)26-15-4-5-16-28-54(33-17-9-6-10-18-33,34-19-11-7-12-20-34,35-21-13-8-14-22-35)53-38(48)40(41,42)43;1-30(42)45-36-24-23-32(29-37(36)46-31(2)43)47-38(44)41(27-25-40-3)26-15-4-5-16-28-48(39,33-17-9-6-10-18-33,34-19-11-7-12-20-34)35-21-13-8-14-22-35/h6-14,17-24,29,44H,4-5,15-16,25-28H2,1-3H3;6-14,17-24,29,40H,4-5,15-16,25-28H2,1-3H3. The maximum atomic E-state index is 14.1. The molecule has 8 aromatic carbocycles. The second-order valence-corrected chi connectivity index (χ2v) is 37.7. The van der Waals surface area contributed by atoms with Crippen molar-refractivity contribution in [3.05, 3.63) is 218 Å². The van der Waals surface area contributed by atoms with Gasteiger partial charge in [0.25, 0.3) is 0 Å². The number of nitrogens with one attached hydrogen (secondary N) is 2. The minimum absolute atomic E-state index is 0.00439. The third kappa shape index (κ3) is 20.9. The predicted molar refractivity (Wildman–Crippen MR) is 399 cm³/mol. The van der Waals surface area contributed by atoms with E-state index in [0.717, 1.165) is 31.8 Å². The summed E-state index contributed by atoms with van der Waals surface area (Å²) in [5, 5.41) is 8.54. The molecular weight excluding hydrogens is 1420 g/mol. The Kier molecular flexibility index (Phi) is 29.9. The van der Waals surface area contributed by atoms with Crippen molar-refractivity contribution in [1.29, 1.82) is 0 Å². The first-order valence-corrected chi connectivity index (χ1v) is 40.4. The second-order valence-electron chi connectivity index (χ2n) is 24.1. The van der Waals surface area contributed by atoms with Crippen molar-refractivity contribution in [2.24, 2.45) is 0 Å². The number of carbonyl (C=O) groups is 7. The van der Waals surface area contributed by atoms with Crippen LogP contribution in [0.15, 0.2) is 218 Å².